The zero-order valence-corrected chi connectivity index (χ0v) is 57.9. The molecule has 87 heavy (non-hydrogen) atoms. The molecular weight excluding hydrogens is 1150 g/mol. The van der Waals surface area contributed by atoms with Crippen LogP contribution in [0.4, 0.5) is 0 Å². The van der Waals surface area contributed by atoms with Crippen molar-refractivity contribution in [3.8, 4) is 0 Å². The molecule has 19 heteroatoms. The van der Waals surface area contributed by atoms with Gasteiger partial charge in [-0.15, -0.1) is 0 Å². The second-order valence-electron chi connectivity index (χ2n) is 25.0. The van der Waals surface area contributed by atoms with Crippen molar-refractivity contribution in [2.24, 2.45) is 5.92 Å². The molecule has 17 nitrogen and oxygen atoms in total. The first-order chi connectivity index (χ1) is 42.0. The van der Waals surface area contributed by atoms with E-state index in [2.05, 4.69) is 34.6 Å². The molecule has 0 radical (unpaired) electrons. The summed E-state index contributed by atoms with van der Waals surface area (Å²) < 4.78 is 67.9. The van der Waals surface area contributed by atoms with Gasteiger partial charge in [-0.1, -0.05) is 298 Å². The van der Waals surface area contributed by atoms with Crippen molar-refractivity contribution in [2.45, 2.75) is 368 Å². The largest absolute Gasteiger partial charge is 0.472 e. The van der Waals surface area contributed by atoms with Crippen molar-refractivity contribution >= 4 is 39.5 Å². The minimum absolute atomic E-state index is 0.105. The number of carbonyl (C=O) groups excluding carboxylic acids is 4. The van der Waals surface area contributed by atoms with Gasteiger partial charge >= 0.3 is 39.5 Å². The van der Waals surface area contributed by atoms with Gasteiger partial charge in [0.05, 0.1) is 26.4 Å². The average Bonchev–Trinajstić information content (AvgIpc) is 3.71. The lowest BCUT2D eigenvalue weighted by Gasteiger charge is -2.21. The fourth-order valence-electron chi connectivity index (χ4n) is 10.3. The standard InChI is InChI=1S/C68H132O17P2/c1-6-9-12-15-18-20-21-22-23-24-25-26-27-28-29-30-31-32-34-37-44-49-54-68(73)85-64(58-79-66(71)52-47-42-39-38-40-45-50-61(4)5)60-83-87(76,77)81-56-62(69)55-80-86(74,75)82-59-63(57-78-65(70)51-46-41-35-17-14-11-8-3)84-67(72)53-48-43-36-33-19-16-13-10-7-2/h61-64,69H,6-60H2,1-5H3,(H,74,75)(H,76,77)/t62-,63+,64+/m0/s1. The van der Waals surface area contributed by atoms with Crippen LogP contribution in [0.25, 0.3) is 0 Å². The molecule has 3 N–H and O–H groups in total. The number of rotatable bonds is 68. The van der Waals surface area contributed by atoms with Gasteiger partial charge in [0.15, 0.2) is 12.2 Å². The molecule has 0 saturated heterocycles. The quantitative estimate of drug-likeness (QED) is 0.0222. The monoisotopic (exact) mass is 1280 g/mol. The number of esters is 4. The third-order valence-corrected chi connectivity index (χ3v) is 17.7. The van der Waals surface area contributed by atoms with Crippen LogP contribution in [-0.4, -0.2) is 96.7 Å². The molecule has 0 amide bonds. The number of ether oxygens (including phenoxy) is 4. The molecule has 516 valence electrons. The van der Waals surface area contributed by atoms with Gasteiger partial charge in [-0.25, -0.2) is 9.13 Å². The van der Waals surface area contributed by atoms with E-state index in [1.54, 1.807) is 0 Å². The van der Waals surface area contributed by atoms with Crippen LogP contribution >= 0.6 is 15.6 Å². The number of carbonyl (C=O) groups is 4. The summed E-state index contributed by atoms with van der Waals surface area (Å²) >= 11 is 0. The zero-order valence-electron chi connectivity index (χ0n) is 56.2. The highest BCUT2D eigenvalue weighted by molar-refractivity contribution is 7.47. The third-order valence-electron chi connectivity index (χ3n) is 15.8. The van der Waals surface area contributed by atoms with Gasteiger partial charge in [-0.05, 0) is 31.6 Å². The molecule has 0 saturated carbocycles. The van der Waals surface area contributed by atoms with Crippen LogP contribution in [0, 0.1) is 5.92 Å². The summed E-state index contributed by atoms with van der Waals surface area (Å²) in [6.45, 7) is 7.08. The number of hydrogen-bond acceptors (Lipinski definition) is 15. The predicted octanol–water partition coefficient (Wildman–Crippen LogP) is 19.4. The fourth-order valence-corrected chi connectivity index (χ4v) is 11.9. The van der Waals surface area contributed by atoms with Crippen molar-refractivity contribution in [3.05, 3.63) is 0 Å². The second-order valence-corrected chi connectivity index (χ2v) is 27.9. The zero-order chi connectivity index (χ0) is 64.2. The Morgan fingerprint density at radius 2 is 0.529 bits per heavy atom. The Hall–Kier alpha value is -1.94. The average molecular weight is 1280 g/mol. The summed E-state index contributed by atoms with van der Waals surface area (Å²) in [7, 11) is -9.88. The number of aliphatic hydroxyl groups is 1. The summed E-state index contributed by atoms with van der Waals surface area (Å²) in [5.41, 5.74) is 0. The van der Waals surface area contributed by atoms with Gasteiger partial charge in [0, 0.05) is 25.7 Å². The van der Waals surface area contributed by atoms with Crippen LogP contribution in [-0.2, 0) is 65.4 Å². The summed E-state index contributed by atoms with van der Waals surface area (Å²) in [4.78, 5) is 72.1. The Bertz CT molecular complexity index is 1690. The molecule has 0 aliphatic heterocycles. The first-order valence-electron chi connectivity index (χ1n) is 35.6. The normalized spacial score (nSPS) is 14.1. The Kier molecular flexibility index (Phi) is 60.2. The van der Waals surface area contributed by atoms with Crippen molar-refractivity contribution < 1.29 is 80.2 Å². The lowest BCUT2D eigenvalue weighted by atomic mass is 10.0. The lowest BCUT2D eigenvalue weighted by Crippen LogP contribution is -2.30. The SMILES string of the molecule is CCCCCCCCCCCCCCCCCCCCCCCCC(=O)O[C@H](COC(=O)CCCCCCCCC(C)C)COP(=O)(O)OC[C@@H](O)COP(=O)(O)OC[C@@H](COC(=O)CCCCCCCCC)OC(=O)CCCCCCCCCCC. The summed E-state index contributed by atoms with van der Waals surface area (Å²) in [6, 6.07) is 0. The predicted molar refractivity (Wildman–Crippen MR) is 349 cm³/mol. The van der Waals surface area contributed by atoms with E-state index >= 15 is 0 Å². The number of unbranched alkanes of at least 4 members (excludes halogenated alkanes) is 40. The summed E-state index contributed by atoms with van der Waals surface area (Å²) in [5.74, 6) is -1.46. The van der Waals surface area contributed by atoms with E-state index in [-0.39, 0.29) is 25.7 Å². The lowest BCUT2D eigenvalue weighted by molar-refractivity contribution is -0.161. The van der Waals surface area contributed by atoms with Crippen LogP contribution in [0.3, 0.4) is 0 Å². The van der Waals surface area contributed by atoms with Crippen LogP contribution in [0.15, 0.2) is 0 Å². The maximum atomic E-state index is 13.0. The summed E-state index contributed by atoms with van der Waals surface area (Å²) in [5, 5.41) is 10.5. The van der Waals surface area contributed by atoms with Crippen LogP contribution in [0.2, 0.25) is 0 Å². The van der Waals surface area contributed by atoms with Gasteiger partial charge in [0.1, 0.15) is 19.3 Å². The molecular formula is C68H132O17P2. The molecule has 0 heterocycles. The minimum atomic E-state index is -4.95. The number of aliphatic hydroxyl groups excluding tert-OH is 1. The third kappa shape index (κ3) is 62.6. The molecule has 0 bridgehead atoms. The highest BCUT2D eigenvalue weighted by Gasteiger charge is 2.30. The molecule has 0 rings (SSSR count). The van der Waals surface area contributed by atoms with Gasteiger partial charge < -0.3 is 33.8 Å². The topological polar surface area (TPSA) is 237 Å². The van der Waals surface area contributed by atoms with E-state index < -0.39 is 97.5 Å². The number of phosphoric acid groups is 2. The first-order valence-corrected chi connectivity index (χ1v) is 38.6. The van der Waals surface area contributed by atoms with E-state index in [1.807, 2.05) is 0 Å². The van der Waals surface area contributed by atoms with Crippen molar-refractivity contribution in [1.82, 2.24) is 0 Å². The molecule has 0 spiro atoms. The molecule has 0 aromatic carbocycles. The Morgan fingerprint density at radius 3 is 0.782 bits per heavy atom. The van der Waals surface area contributed by atoms with E-state index in [9.17, 15) is 43.2 Å². The van der Waals surface area contributed by atoms with E-state index in [4.69, 9.17) is 37.0 Å². The van der Waals surface area contributed by atoms with Gasteiger partial charge in [0.25, 0.3) is 0 Å². The Balaban J connectivity index is 5.06. The first kappa shape index (κ1) is 85.1. The van der Waals surface area contributed by atoms with Gasteiger partial charge in [-0.2, -0.15) is 0 Å². The molecule has 0 fully saturated rings. The number of hydrogen-bond donors (Lipinski definition) is 3. The smallest absolute Gasteiger partial charge is 0.462 e. The molecule has 0 aliphatic rings. The summed E-state index contributed by atoms with van der Waals surface area (Å²) in [6.07, 6.45) is 47.8. The Morgan fingerprint density at radius 1 is 0.310 bits per heavy atom. The second kappa shape index (κ2) is 61.6. The molecule has 2 unspecified atom stereocenters. The van der Waals surface area contributed by atoms with Crippen molar-refractivity contribution in [2.75, 3.05) is 39.6 Å². The fraction of sp³-hybridized carbons (Fsp3) is 0.941. The maximum Gasteiger partial charge on any atom is 0.472 e. The minimum Gasteiger partial charge on any atom is -0.462 e. The van der Waals surface area contributed by atoms with Crippen molar-refractivity contribution in [1.29, 1.82) is 0 Å². The molecule has 0 aromatic heterocycles. The molecule has 5 atom stereocenters. The van der Waals surface area contributed by atoms with Gasteiger partial charge in [0.2, 0.25) is 0 Å². The van der Waals surface area contributed by atoms with Crippen molar-refractivity contribution in [3.63, 3.8) is 0 Å². The van der Waals surface area contributed by atoms with Gasteiger partial charge in [-0.3, -0.25) is 37.3 Å². The van der Waals surface area contributed by atoms with E-state index in [0.717, 1.165) is 109 Å². The highest BCUT2D eigenvalue weighted by atomic mass is 31.2. The molecule has 0 aliphatic carbocycles. The van der Waals surface area contributed by atoms with Crippen LogP contribution in [0.1, 0.15) is 349 Å². The van der Waals surface area contributed by atoms with Crippen LogP contribution in [0.5, 0.6) is 0 Å². The molecule has 0 aromatic rings. The van der Waals surface area contributed by atoms with E-state index in [1.165, 1.54) is 154 Å². The maximum absolute atomic E-state index is 13.0. The van der Waals surface area contributed by atoms with Crippen LogP contribution < -0.4 is 0 Å². The number of phosphoric ester groups is 2. The Labute approximate surface area is 530 Å². The van der Waals surface area contributed by atoms with E-state index in [0.29, 0.717) is 31.6 Å². The highest BCUT2D eigenvalue weighted by Crippen LogP contribution is 2.45.